The SMILES string of the molecule is Cc1ccc2nc(NC(=O)COc3cccc([N+](=O)[O-])c3)sc2c1. The van der Waals surface area contributed by atoms with E-state index in [2.05, 4.69) is 10.3 Å². The number of thiazole rings is 1. The van der Waals surface area contributed by atoms with Crippen molar-refractivity contribution >= 4 is 38.3 Å². The molecular formula is C16H13N3O4S. The summed E-state index contributed by atoms with van der Waals surface area (Å²) >= 11 is 1.38. The Kier molecular flexibility index (Phi) is 4.39. The number of nitro benzene ring substituents is 1. The van der Waals surface area contributed by atoms with E-state index in [9.17, 15) is 14.9 Å². The molecule has 122 valence electrons. The maximum Gasteiger partial charge on any atom is 0.273 e. The minimum absolute atomic E-state index is 0.0885. The average molecular weight is 343 g/mol. The zero-order valence-electron chi connectivity index (χ0n) is 12.7. The fraction of sp³-hybridized carbons (Fsp3) is 0.125. The summed E-state index contributed by atoms with van der Waals surface area (Å²) < 4.78 is 6.28. The maximum atomic E-state index is 11.9. The number of non-ortho nitro benzene ring substituents is 1. The molecule has 0 aliphatic heterocycles. The molecule has 1 amide bonds. The van der Waals surface area contributed by atoms with Gasteiger partial charge in [-0.15, -0.1) is 0 Å². The van der Waals surface area contributed by atoms with E-state index in [0.717, 1.165) is 15.8 Å². The summed E-state index contributed by atoms with van der Waals surface area (Å²) in [6, 6.07) is 11.5. The minimum Gasteiger partial charge on any atom is -0.484 e. The predicted molar refractivity (Wildman–Crippen MR) is 91.6 cm³/mol. The average Bonchev–Trinajstić information content (AvgIpc) is 2.94. The lowest BCUT2D eigenvalue weighted by Gasteiger charge is -2.05. The number of aromatic nitrogens is 1. The van der Waals surface area contributed by atoms with Crippen LogP contribution in [-0.4, -0.2) is 22.4 Å². The molecule has 24 heavy (non-hydrogen) atoms. The van der Waals surface area contributed by atoms with Crippen LogP contribution in [0.2, 0.25) is 0 Å². The molecular weight excluding hydrogens is 330 g/mol. The quantitative estimate of drug-likeness (QED) is 0.565. The fourth-order valence-corrected chi connectivity index (χ4v) is 3.06. The van der Waals surface area contributed by atoms with Crippen LogP contribution in [0.25, 0.3) is 10.2 Å². The number of benzene rings is 2. The molecule has 3 aromatic rings. The monoisotopic (exact) mass is 343 g/mol. The second kappa shape index (κ2) is 6.63. The van der Waals surface area contributed by atoms with Gasteiger partial charge in [0.1, 0.15) is 5.75 Å². The van der Waals surface area contributed by atoms with E-state index in [4.69, 9.17) is 4.74 Å². The highest BCUT2D eigenvalue weighted by atomic mass is 32.1. The van der Waals surface area contributed by atoms with E-state index < -0.39 is 4.92 Å². The van der Waals surface area contributed by atoms with Crippen molar-refractivity contribution in [3.05, 3.63) is 58.1 Å². The summed E-state index contributed by atoms with van der Waals surface area (Å²) in [4.78, 5) is 26.5. The molecule has 0 spiro atoms. The Morgan fingerprint density at radius 1 is 1.33 bits per heavy atom. The number of hydrogen-bond acceptors (Lipinski definition) is 6. The third-order valence-electron chi connectivity index (χ3n) is 3.19. The van der Waals surface area contributed by atoms with Gasteiger partial charge in [0.25, 0.3) is 11.6 Å². The first-order valence-corrected chi connectivity index (χ1v) is 7.87. The van der Waals surface area contributed by atoms with Crippen molar-refractivity contribution in [1.29, 1.82) is 0 Å². The van der Waals surface area contributed by atoms with Crippen LogP contribution >= 0.6 is 11.3 Å². The molecule has 3 rings (SSSR count). The zero-order valence-corrected chi connectivity index (χ0v) is 13.5. The largest absolute Gasteiger partial charge is 0.484 e. The first kappa shape index (κ1) is 15.9. The van der Waals surface area contributed by atoms with Gasteiger partial charge in [-0.1, -0.05) is 23.5 Å². The number of carbonyl (C=O) groups is 1. The molecule has 0 radical (unpaired) electrons. The number of anilines is 1. The molecule has 0 fully saturated rings. The number of aryl methyl sites for hydroxylation is 1. The van der Waals surface area contributed by atoms with Crippen molar-refractivity contribution in [1.82, 2.24) is 4.98 Å². The van der Waals surface area contributed by atoms with Gasteiger partial charge in [-0.05, 0) is 30.7 Å². The highest BCUT2D eigenvalue weighted by molar-refractivity contribution is 7.22. The number of ether oxygens (including phenoxy) is 1. The van der Waals surface area contributed by atoms with Gasteiger partial charge in [0, 0.05) is 6.07 Å². The van der Waals surface area contributed by atoms with Gasteiger partial charge >= 0.3 is 0 Å². The van der Waals surface area contributed by atoms with Crippen LogP contribution < -0.4 is 10.1 Å². The first-order valence-electron chi connectivity index (χ1n) is 7.05. The van der Waals surface area contributed by atoms with Crippen molar-refractivity contribution in [3.63, 3.8) is 0 Å². The van der Waals surface area contributed by atoms with Crippen LogP contribution in [0.5, 0.6) is 5.75 Å². The molecule has 1 N–H and O–H groups in total. The topological polar surface area (TPSA) is 94.4 Å². The van der Waals surface area contributed by atoms with Gasteiger partial charge < -0.3 is 4.74 Å². The lowest BCUT2D eigenvalue weighted by atomic mass is 10.2. The Bertz CT molecular complexity index is 923. The second-order valence-electron chi connectivity index (χ2n) is 5.08. The molecule has 1 heterocycles. The molecule has 0 saturated heterocycles. The summed E-state index contributed by atoms with van der Waals surface area (Å²) in [5.74, 6) is -0.114. The Labute approximate surface area is 141 Å². The third-order valence-corrected chi connectivity index (χ3v) is 4.12. The number of nitro groups is 1. The lowest BCUT2D eigenvalue weighted by molar-refractivity contribution is -0.384. The molecule has 0 bridgehead atoms. The van der Waals surface area contributed by atoms with E-state index in [1.807, 2.05) is 25.1 Å². The zero-order chi connectivity index (χ0) is 17.1. The molecule has 2 aromatic carbocycles. The van der Waals surface area contributed by atoms with Gasteiger partial charge in [0.05, 0.1) is 21.2 Å². The van der Waals surface area contributed by atoms with Crippen molar-refractivity contribution < 1.29 is 14.5 Å². The first-order chi connectivity index (χ1) is 11.5. The second-order valence-corrected chi connectivity index (χ2v) is 6.11. The highest BCUT2D eigenvalue weighted by Gasteiger charge is 2.10. The summed E-state index contributed by atoms with van der Waals surface area (Å²) in [6.45, 7) is 1.74. The number of fused-ring (bicyclic) bond motifs is 1. The van der Waals surface area contributed by atoms with Crippen molar-refractivity contribution in [3.8, 4) is 5.75 Å². The van der Waals surface area contributed by atoms with E-state index >= 15 is 0 Å². The maximum absolute atomic E-state index is 11.9. The molecule has 0 saturated carbocycles. The van der Waals surface area contributed by atoms with Gasteiger partial charge in [-0.3, -0.25) is 20.2 Å². The molecule has 0 aliphatic carbocycles. The molecule has 0 unspecified atom stereocenters. The number of carbonyl (C=O) groups excluding carboxylic acids is 1. The smallest absolute Gasteiger partial charge is 0.273 e. The van der Waals surface area contributed by atoms with Gasteiger partial charge in [0.15, 0.2) is 11.7 Å². The molecule has 0 atom stereocenters. The van der Waals surface area contributed by atoms with Crippen molar-refractivity contribution in [2.24, 2.45) is 0 Å². The number of rotatable bonds is 5. The highest BCUT2D eigenvalue weighted by Crippen LogP contribution is 2.26. The summed E-state index contributed by atoms with van der Waals surface area (Å²) in [5, 5.41) is 13.9. The van der Waals surface area contributed by atoms with Gasteiger partial charge in [0.2, 0.25) is 0 Å². The van der Waals surface area contributed by atoms with Crippen LogP contribution in [0.15, 0.2) is 42.5 Å². The van der Waals surface area contributed by atoms with Crippen LogP contribution in [0.4, 0.5) is 10.8 Å². The summed E-state index contributed by atoms with van der Waals surface area (Å²) in [6.07, 6.45) is 0. The predicted octanol–water partition coefficient (Wildman–Crippen LogP) is 3.53. The van der Waals surface area contributed by atoms with Crippen LogP contribution in [0, 0.1) is 17.0 Å². The Hall–Kier alpha value is -3.00. The summed E-state index contributed by atoms with van der Waals surface area (Å²) in [7, 11) is 0. The van der Waals surface area contributed by atoms with E-state index in [0.29, 0.717) is 5.13 Å². The van der Waals surface area contributed by atoms with Gasteiger partial charge in [-0.2, -0.15) is 0 Å². The van der Waals surface area contributed by atoms with E-state index in [1.165, 1.54) is 29.5 Å². The van der Waals surface area contributed by atoms with Crippen LogP contribution in [-0.2, 0) is 4.79 Å². The number of hydrogen-bond donors (Lipinski definition) is 1. The van der Waals surface area contributed by atoms with Crippen molar-refractivity contribution in [2.75, 3.05) is 11.9 Å². The van der Waals surface area contributed by atoms with Crippen LogP contribution in [0.3, 0.4) is 0 Å². The molecule has 8 heteroatoms. The number of amides is 1. The summed E-state index contributed by atoms with van der Waals surface area (Å²) in [5.41, 5.74) is 1.85. The molecule has 0 aliphatic rings. The lowest BCUT2D eigenvalue weighted by Crippen LogP contribution is -2.20. The minimum atomic E-state index is -0.518. The Morgan fingerprint density at radius 3 is 2.96 bits per heavy atom. The van der Waals surface area contributed by atoms with E-state index in [-0.39, 0.29) is 24.0 Å². The normalized spacial score (nSPS) is 10.5. The molecule has 7 nitrogen and oxygen atoms in total. The van der Waals surface area contributed by atoms with Crippen molar-refractivity contribution in [2.45, 2.75) is 6.92 Å². The standard InChI is InChI=1S/C16H13N3O4S/c1-10-5-6-13-14(7-10)24-16(17-13)18-15(20)9-23-12-4-2-3-11(8-12)19(21)22/h2-8H,9H2,1H3,(H,17,18,20). The van der Waals surface area contributed by atoms with Gasteiger partial charge in [-0.25, -0.2) is 4.98 Å². The number of nitrogens with zero attached hydrogens (tertiary/aromatic N) is 2. The van der Waals surface area contributed by atoms with E-state index in [1.54, 1.807) is 6.07 Å². The fourth-order valence-electron chi connectivity index (χ4n) is 2.08. The van der Waals surface area contributed by atoms with Crippen LogP contribution in [0.1, 0.15) is 5.56 Å². The Balaban J connectivity index is 1.62. The third kappa shape index (κ3) is 3.66. The molecule has 1 aromatic heterocycles. The Morgan fingerprint density at radius 2 is 2.17 bits per heavy atom. The number of nitrogens with one attached hydrogen (secondary N) is 1.